The molecular formula is C13H17N3O3. The summed E-state index contributed by atoms with van der Waals surface area (Å²) in [6, 6.07) is 2.63. The number of nitrogens with one attached hydrogen (secondary N) is 1. The molecule has 1 saturated heterocycles. The molecule has 1 aromatic heterocycles. The van der Waals surface area contributed by atoms with Gasteiger partial charge in [-0.1, -0.05) is 6.07 Å². The first kappa shape index (κ1) is 13.3. The maximum atomic E-state index is 12.1. The Labute approximate surface area is 111 Å². The van der Waals surface area contributed by atoms with Gasteiger partial charge in [-0.2, -0.15) is 0 Å². The summed E-state index contributed by atoms with van der Waals surface area (Å²) in [5, 5.41) is 2.65. The third-order valence-electron chi connectivity index (χ3n) is 3.24. The zero-order valence-electron chi connectivity index (χ0n) is 11.2. The van der Waals surface area contributed by atoms with Crippen LogP contribution in [-0.4, -0.2) is 40.9 Å². The van der Waals surface area contributed by atoms with Crippen LogP contribution in [-0.2, 0) is 16.1 Å². The SMILES string of the molecule is COc1ncccc1CN1C(=O)C(C)NC(=O)C1C. The van der Waals surface area contributed by atoms with Gasteiger partial charge in [0.05, 0.1) is 13.7 Å². The van der Waals surface area contributed by atoms with Crippen molar-refractivity contribution in [3.05, 3.63) is 23.9 Å². The summed E-state index contributed by atoms with van der Waals surface area (Å²) in [6.45, 7) is 3.70. The van der Waals surface area contributed by atoms with Crippen LogP contribution in [0.25, 0.3) is 0 Å². The highest BCUT2D eigenvalue weighted by atomic mass is 16.5. The van der Waals surface area contributed by atoms with Crippen LogP contribution >= 0.6 is 0 Å². The molecule has 0 saturated carbocycles. The molecule has 1 aliphatic heterocycles. The molecule has 2 atom stereocenters. The third-order valence-corrected chi connectivity index (χ3v) is 3.24. The number of rotatable bonds is 3. The highest BCUT2D eigenvalue weighted by Gasteiger charge is 2.35. The molecule has 1 N–H and O–H groups in total. The van der Waals surface area contributed by atoms with Crippen molar-refractivity contribution >= 4 is 11.8 Å². The van der Waals surface area contributed by atoms with E-state index in [0.29, 0.717) is 12.4 Å². The molecule has 0 aromatic carbocycles. The van der Waals surface area contributed by atoms with E-state index in [9.17, 15) is 9.59 Å². The summed E-state index contributed by atoms with van der Waals surface area (Å²) in [6.07, 6.45) is 1.62. The van der Waals surface area contributed by atoms with Gasteiger partial charge in [0, 0.05) is 11.8 Å². The van der Waals surface area contributed by atoms with Gasteiger partial charge in [-0.25, -0.2) is 4.98 Å². The lowest BCUT2D eigenvalue weighted by Crippen LogP contribution is -2.60. The van der Waals surface area contributed by atoms with Crippen LogP contribution in [0, 0.1) is 0 Å². The first-order valence-electron chi connectivity index (χ1n) is 6.13. The van der Waals surface area contributed by atoms with E-state index in [1.54, 1.807) is 31.0 Å². The number of pyridine rings is 1. The van der Waals surface area contributed by atoms with Gasteiger partial charge in [0.25, 0.3) is 0 Å². The Morgan fingerprint density at radius 3 is 2.84 bits per heavy atom. The van der Waals surface area contributed by atoms with Gasteiger partial charge in [-0.3, -0.25) is 9.59 Å². The minimum atomic E-state index is -0.494. The number of amides is 2. The van der Waals surface area contributed by atoms with Gasteiger partial charge < -0.3 is 15.0 Å². The van der Waals surface area contributed by atoms with Crippen molar-refractivity contribution in [1.82, 2.24) is 15.2 Å². The number of aromatic nitrogens is 1. The van der Waals surface area contributed by atoms with Crippen molar-refractivity contribution in [2.75, 3.05) is 7.11 Å². The summed E-state index contributed by atoms with van der Waals surface area (Å²) in [5.41, 5.74) is 0.784. The summed E-state index contributed by atoms with van der Waals surface area (Å²) in [4.78, 5) is 29.5. The van der Waals surface area contributed by atoms with Gasteiger partial charge in [0.2, 0.25) is 17.7 Å². The quantitative estimate of drug-likeness (QED) is 0.853. The molecule has 19 heavy (non-hydrogen) atoms. The second kappa shape index (κ2) is 5.26. The molecule has 0 radical (unpaired) electrons. The summed E-state index contributed by atoms with van der Waals surface area (Å²) >= 11 is 0. The van der Waals surface area contributed by atoms with E-state index in [0.717, 1.165) is 5.56 Å². The number of ether oxygens (including phenoxy) is 1. The largest absolute Gasteiger partial charge is 0.481 e. The molecule has 2 rings (SSSR count). The number of methoxy groups -OCH3 is 1. The standard InChI is InChI=1S/C13H17N3O3/c1-8-13(18)16(9(2)11(17)15-8)7-10-5-4-6-14-12(10)19-3/h4-6,8-9H,7H2,1-3H3,(H,15,17). The Morgan fingerprint density at radius 2 is 2.16 bits per heavy atom. The fourth-order valence-corrected chi connectivity index (χ4v) is 2.10. The topological polar surface area (TPSA) is 71.5 Å². The second-order valence-corrected chi connectivity index (χ2v) is 4.54. The molecule has 0 spiro atoms. The average Bonchev–Trinajstić information content (AvgIpc) is 2.42. The van der Waals surface area contributed by atoms with Crippen molar-refractivity contribution in [2.45, 2.75) is 32.5 Å². The normalized spacial score (nSPS) is 23.2. The fourth-order valence-electron chi connectivity index (χ4n) is 2.10. The number of piperazine rings is 1. The first-order chi connectivity index (χ1) is 9.04. The van der Waals surface area contributed by atoms with Crippen molar-refractivity contribution in [2.24, 2.45) is 0 Å². The number of nitrogens with zero attached hydrogens (tertiary/aromatic N) is 2. The number of carbonyl (C=O) groups is 2. The maximum Gasteiger partial charge on any atom is 0.245 e. The van der Waals surface area contributed by atoms with E-state index in [-0.39, 0.29) is 11.8 Å². The number of hydrogen-bond donors (Lipinski definition) is 1. The lowest BCUT2D eigenvalue weighted by atomic mass is 10.1. The lowest BCUT2D eigenvalue weighted by molar-refractivity contribution is -0.148. The molecule has 1 fully saturated rings. The van der Waals surface area contributed by atoms with Crippen LogP contribution in [0.15, 0.2) is 18.3 Å². The van der Waals surface area contributed by atoms with Crippen LogP contribution in [0.5, 0.6) is 5.88 Å². The maximum absolute atomic E-state index is 12.1. The fraction of sp³-hybridized carbons (Fsp3) is 0.462. The zero-order valence-corrected chi connectivity index (χ0v) is 11.2. The summed E-state index contributed by atoms with van der Waals surface area (Å²) < 4.78 is 5.16. The van der Waals surface area contributed by atoms with Gasteiger partial charge in [-0.15, -0.1) is 0 Å². The molecule has 102 valence electrons. The molecule has 1 aliphatic rings. The monoisotopic (exact) mass is 263 g/mol. The Hall–Kier alpha value is -2.11. The van der Waals surface area contributed by atoms with Gasteiger partial charge >= 0.3 is 0 Å². The first-order valence-corrected chi connectivity index (χ1v) is 6.13. The lowest BCUT2D eigenvalue weighted by Gasteiger charge is -2.36. The minimum Gasteiger partial charge on any atom is -0.481 e. The average molecular weight is 263 g/mol. The van der Waals surface area contributed by atoms with Crippen LogP contribution in [0.2, 0.25) is 0 Å². The van der Waals surface area contributed by atoms with Crippen molar-refractivity contribution in [3.8, 4) is 5.88 Å². The summed E-state index contributed by atoms with van der Waals surface area (Å²) in [7, 11) is 1.53. The van der Waals surface area contributed by atoms with E-state index in [1.165, 1.54) is 7.11 Å². The van der Waals surface area contributed by atoms with Gasteiger partial charge in [0.15, 0.2) is 0 Å². The minimum absolute atomic E-state index is 0.0991. The number of hydrogen-bond acceptors (Lipinski definition) is 4. The van der Waals surface area contributed by atoms with E-state index in [1.807, 2.05) is 6.07 Å². The smallest absolute Gasteiger partial charge is 0.245 e. The number of carbonyl (C=O) groups excluding carboxylic acids is 2. The van der Waals surface area contributed by atoms with Crippen molar-refractivity contribution < 1.29 is 14.3 Å². The molecule has 6 heteroatoms. The molecule has 2 heterocycles. The molecule has 0 bridgehead atoms. The predicted molar refractivity (Wildman–Crippen MR) is 68.4 cm³/mol. The van der Waals surface area contributed by atoms with Gasteiger partial charge in [0.1, 0.15) is 12.1 Å². The van der Waals surface area contributed by atoms with E-state index >= 15 is 0 Å². The summed E-state index contributed by atoms with van der Waals surface area (Å²) in [5.74, 6) is 0.231. The molecule has 0 aliphatic carbocycles. The zero-order chi connectivity index (χ0) is 14.0. The second-order valence-electron chi connectivity index (χ2n) is 4.54. The van der Waals surface area contributed by atoms with E-state index < -0.39 is 12.1 Å². The van der Waals surface area contributed by atoms with Crippen molar-refractivity contribution in [1.29, 1.82) is 0 Å². The van der Waals surface area contributed by atoms with Crippen LogP contribution < -0.4 is 10.1 Å². The third kappa shape index (κ3) is 2.52. The Balaban J connectivity index is 2.25. The molecule has 1 aromatic rings. The Bertz CT molecular complexity index is 504. The Morgan fingerprint density at radius 1 is 1.42 bits per heavy atom. The predicted octanol–water partition coefficient (Wildman–Crippen LogP) is 0.326. The van der Waals surface area contributed by atoms with Crippen LogP contribution in [0.4, 0.5) is 0 Å². The highest BCUT2D eigenvalue weighted by Crippen LogP contribution is 2.20. The van der Waals surface area contributed by atoms with Gasteiger partial charge in [-0.05, 0) is 19.9 Å². The molecule has 6 nitrogen and oxygen atoms in total. The van der Waals surface area contributed by atoms with Crippen molar-refractivity contribution in [3.63, 3.8) is 0 Å². The molecule has 2 unspecified atom stereocenters. The van der Waals surface area contributed by atoms with Crippen LogP contribution in [0.1, 0.15) is 19.4 Å². The molecular weight excluding hydrogens is 246 g/mol. The van der Waals surface area contributed by atoms with Crippen LogP contribution in [0.3, 0.4) is 0 Å². The Kier molecular flexibility index (Phi) is 3.69. The van der Waals surface area contributed by atoms with E-state index in [2.05, 4.69) is 10.3 Å². The molecule has 2 amide bonds. The highest BCUT2D eigenvalue weighted by molar-refractivity contribution is 5.96. The van der Waals surface area contributed by atoms with E-state index in [4.69, 9.17) is 4.74 Å².